The molecule has 8 amide bonds. The number of hydrogen-bond donors (Lipinski definition) is 15. The van der Waals surface area contributed by atoms with Gasteiger partial charge in [-0.15, -0.1) is 0 Å². The van der Waals surface area contributed by atoms with Crippen molar-refractivity contribution in [2.45, 2.75) is 48.8 Å². The first kappa shape index (κ1) is 58.9. The predicted octanol–water partition coefficient (Wildman–Crippen LogP) is -2.08. The lowest BCUT2D eigenvalue weighted by atomic mass is 10.0. The van der Waals surface area contributed by atoms with Crippen molar-refractivity contribution in [2.75, 3.05) is 54.9 Å². The molecule has 4 aromatic carbocycles. The number of carbonyl (C=O) groups is 8. The molecule has 25 nitrogen and oxygen atoms in total. The number of imide groups is 2. The first-order chi connectivity index (χ1) is 35.0. The van der Waals surface area contributed by atoms with Crippen LogP contribution in [0.25, 0.3) is 0 Å². The largest absolute Gasteiger partial charge is 0.394 e. The SMILES string of the molecule is NCC(=O)N(C(=O)c1ccc(NC(=O)c2ccc(NC(=O)CN3C(=O)c4ccccc4C3=O)cc2)cc1)c1c(Br)c(C(=O)NCC(O)C(O)C(O)C(O)CO)c(Br)c(C(=O)NCC(O)C(O)C(O)C(O)CO)c1Br. The molecule has 8 atom stereocenters. The van der Waals surface area contributed by atoms with E-state index in [0.29, 0.717) is 4.90 Å². The number of nitrogens with two attached hydrogens (primary N) is 1. The van der Waals surface area contributed by atoms with E-state index in [1.165, 1.54) is 60.7 Å². The van der Waals surface area contributed by atoms with Crippen molar-refractivity contribution in [2.24, 2.45) is 5.73 Å². The maximum atomic E-state index is 14.4. The summed E-state index contributed by atoms with van der Waals surface area (Å²) in [7, 11) is 0. The van der Waals surface area contributed by atoms with Crippen molar-refractivity contribution in [1.29, 1.82) is 0 Å². The highest BCUT2D eigenvalue weighted by molar-refractivity contribution is 9.11. The molecule has 0 bridgehead atoms. The van der Waals surface area contributed by atoms with Crippen LogP contribution >= 0.6 is 47.8 Å². The number of carbonyl (C=O) groups excluding carboxylic acids is 8. The van der Waals surface area contributed by atoms with Crippen LogP contribution in [0.5, 0.6) is 0 Å². The van der Waals surface area contributed by atoms with Crippen molar-refractivity contribution < 1.29 is 89.4 Å². The topological polar surface area (TPSA) is 419 Å². The normalized spacial score (nSPS) is 15.4. The standard InChI is InChI=1S/C46H48Br3N7O18/c47-33-31(42(70)51-14-25(59)37(65)39(67)27(61)17-57)34(48)36(35(49)32(33)43(71)52-15-26(60)38(66)40(68)28(62)18-58)56(30(64)13-50)44(72)20-7-11-22(12-8-20)54-41(69)19-5-9-21(10-6-19)53-29(63)16-55-45(73)23-3-1-2-4-24(23)46(55)74/h1-12,25-28,37-40,57-62,65-68H,13-18,50H2,(H,51,70)(H,52,71)(H,53,63)(H,54,69). The molecule has 5 rings (SSSR count). The zero-order valence-electron chi connectivity index (χ0n) is 38.1. The second kappa shape index (κ2) is 26.0. The summed E-state index contributed by atoms with van der Waals surface area (Å²) >= 11 is 9.61. The van der Waals surface area contributed by atoms with Crippen LogP contribution in [0.4, 0.5) is 17.1 Å². The lowest BCUT2D eigenvalue weighted by Gasteiger charge is -2.28. The molecule has 1 aliphatic rings. The highest BCUT2D eigenvalue weighted by atomic mass is 79.9. The van der Waals surface area contributed by atoms with Crippen LogP contribution in [0.2, 0.25) is 0 Å². The van der Waals surface area contributed by atoms with E-state index < -0.39 is 157 Å². The van der Waals surface area contributed by atoms with E-state index >= 15 is 0 Å². The molecule has 0 radical (unpaired) electrons. The molecule has 74 heavy (non-hydrogen) atoms. The highest BCUT2D eigenvalue weighted by Crippen LogP contribution is 2.45. The van der Waals surface area contributed by atoms with Gasteiger partial charge in [0, 0.05) is 40.1 Å². The number of rotatable bonds is 22. The third-order valence-electron chi connectivity index (χ3n) is 11.2. The number of anilines is 3. The summed E-state index contributed by atoms with van der Waals surface area (Å²) in [5, 5.41) is 109. The Labute approximate surface area is 444 Å². The average Bonchev–Trinajstić information content (AvgIpc) is 3.63. The Bertz CT molecular complexity index is 2680. The summed E-state index contributed by atoms with van der Waals surface area (Å²) in [6.07, 6.45) is -16.2. The molecule has 0 saturated heterocycles. The lowest BCUT2D eigenvalue weighted by molar-refractivity contribution is -0.117. The molecule has 1 heterocycles. The van der Waals surface area contributed by atoms with E-state index in [-0.39, 0.29) is 42.6 Å². The van der Waals surface area contributed by atoms with E-state index in [0.717, 1.165) is 4.90 Å². The summed E-state index contributed by atoms with van der Waals surface area (Å²) in [4.78, 5) is 109. The first-order valence-electron chi connectivity index (χ1n) is 21.8. The molecule has 0 spiro atoms. The predicted molar refractivity (Wildman–Crippen MR) is 269 cm³/mol. The summed E-state index contributed by atoms with van der Waals surface area (Å²) in [5.41, 5.74) is 4.72. The second-order valence-corrected chi connectivity index (χ2v) is 18.6. The average molecular weight is 1230 g/mol. The van der Waals surface area contributed by atoms with Crippen molar-refractivity contribution in [3.05, 3.63) is 120 Å². The van der Waals surface area contributed by atoms with Crippen LogP contribution in [0.1, 0.15) is 62.1 Å². The zero-order valence-corrected chi connectivity index (χ0v) is 42.9. The Morgan fingerprint density at radius 2 is 0.959 bits per heavy atom. The van der Waals surface area contributed by atoms with Gasteiger partial charge in [0.2, 0.25) is 11.8 Å². The van der Waals surface area contributed by atoms with Crippen LogP contribution in [0.3, 0.4) is 0 Å². The number of halogens is 3. The molecule has 0 saturated carbocycles. The van der Waals surface area contributed by atoms with Gasteiger partial charge in [-0.1, -0.05) is 12.1 Å². The monoisotopic (exact) mass is 1220 g/mol. The molecular weight excluding hydrogens is 1180 g/mol. The fraction of sp³-hybridized carbons (Fsp3) is 0.304. The van der Waals surface area contributed by atoms with E-state index in [1.54, 1.807) is 12.1 Å². The fourth-order valence-electron chi connectivity index (χ4n) is 7.08. The quantitative estimate of drug-likeness (QED) is 0.0376. The second-order valence-electron chi connectivity index (χ2n) is 16.2. The summed E-state index contributed by atoms with van der Waals surface area (Å²) in [6.45, 7) is -5.12. The Morgan fingerprint density at radius 1 is 0.554 bits per heavy atom. The fourth-order valence-corrected chi connectivity index (χ4v) is 10.1. The first-order valence-corrected chi connectivity index (χ1v) is 24.1. The van der Waals surface area contributed by atoms with Crippen molar-refractivity contribution in [3.8, 4) is 0 Å². The van der Waals surface area contributed by atoms with Gasteiger partial charge in [-0.05, 0) is 108 Å². The minimum absolute atomic E-state index is 0.111. The van der Waals surface area contributed by atoms with Crippen LogP contribution in [0.15, 0.2) is 86.2 Å². The number of aliphatic hydroxyl groups excluding tert-OH is 10. The zero-order chi connectivity index (χ0) is 54.9. The van der Waals surface area contributed by atoms with Gasteiger partial charge < -0.3 is 78.1 Å². The van der Waals surface area contributed by atoms with Crippen LogP contribution in [-0.4, -0.2) is 191 Å². The molecular formula is C46H48Br3N7O18. The van der Waals surface area contributed by atoms with E-state index in [9.17, 15) is 79.2 Å². The molecule has 1 aliphatic heterocycles. The Morgan fingerprint density at radius 3 is 1.38 bits per heavy atom. The van der Waals surface area contributed by atoms with Crippen molar-refractivity contribution >= 4 is 112 Å². The van der Waals surface area contributed by atoms with Gasteiger partial charge in [0.05, 0.1) is 68.9 Å². The number of aliphatic hydroxyl groups is 10. The van der Waals surface area contributed by atoms with E-state index in [2.05, 4.69) is 69.1 Å². The molecule has 8 unspecified atom stereocenters. The van der Waals surface area contributed by atoms with E-state index in [1.807, 2.05) is 0 Å². The third-order valence-corrected chi connectivity index (χ3v) is 13.5. The molecule has 0 aromatic heterocycles. The summed E-state index contributed by atoms with van der Waals surface area (Å²) < 4.78 is -1.17. The van der Waals surface area contributed by atoms with Gasteiger partial charge in [-0.3, -0.25) is 43.3 Å². The minimum Gasteiger partial charge on any atom is -0.394 e. The molecule has 0 aliphatic carbocycles. The van der Waals surface area contributed by atoms with E-state index in [4.69, 9.17) is 15.9 Å². The van der Waals surface area contributed by atoms with Crippen LogP contribution < -0.4 is 31.9 Å². The van der Waals surface area contributed by atoms with Gasteiger partial charge in [-0.25, -0.2) is 4.90 Å². The van der Waals surface area contributed by atoms with Gasteiger partial charge in [-0.2, -0.15) is 0 Å². The molecule has 0 fully saturated rings. The van der Waals surface area contributed by atoms with Gasteiger partial charge in [0.1, 0.15) is 43.2 Å². The Kier molecular flexibility index (Phi) is 20.7. The highest BCUT2D eigenvalue weighted by Gasteiger charge is 2.39. The smallest absolute Gasteiger partial charge is 0.265 e. The number of benzene rings is 4. The van der Waals surface area contributed by atoms with Gasteiger partial charge in [0.25, 0.3) is 35.4 Å². The van der Waals surface area contributed by atoms with Gasteiger partial charge >= 0.3 is 0 Å². The van der Waals surface area contributed by atoms with Crippen molar-refractivity contribution in [1.82, 2.24) is 15.5 Å². The third kappa shape index (κ3) is 13.3. The number of nitrogens with one attached hydrogen (secondary N) is 4. The van der Waals surface area contributed by atoms with Crippen molar-refractivity contribution in [3.63, 3.8) is 0 Å². The maximum Gasteiger partial charge on any atom is 0.265 e. The molecule has 396 valence electrons. The Balaban J connectivity index is 1.39. The molecule has 28 heteroatoms. The molecule has 4 aromatic rings. The minimum atomic E-state index is -2.12. The van der Waals surface area contributed by atoms with Crippen LogP contribution in [0, 0.1) is 0 Å². The number of hydrogen-bond acceptors (Lipinski definition) is 19. The van der Waals surface area contributed by atoms with Crippen LogP contribution in [-0.2, 0) is 9.59 Å². The maximum absolute atomic E-state index is 14.4. The Hall–Kier alpha value is -5.96. The molecule has 16 N–H and O–H groups in total. The summed E-state index contributed by atoms with van der Waals surface area (Å²) in [6, 6.07) is 16.7. The number of fused-ring (bicyclic) bond motifs is 1. The summed E-state index contributed by atoms with van der Waals surface area (Å²) in [5.74, 6) is -7.16. The lowest BCUT2D eigenvalue weighted by Crippen LogP contribution is -2.50. The number of amides is 8. The number of nitrogens with zero attached hydrogens (tertiary/aromatic N) is 2. The van der Waals surface area contributed by atoms with Gasteiger partial charge in [0.15, 0.2) is 0 Å².